The molecule has 0 aromatic heterocycles. The van der Waals surface area contributed by atoms with E-state index in [1.807, 2.05) is 78.7 Å². The first-order valence-electron chi connectivity index (χ1n) is 10.8. The van der Waals surface area contributed by atoms with Crippen molar-refractivity contribution >= 4 is 34.7 Å². The van der Waals surface area contributed by atoms with Gasteiger partial charge in [-0.2, -0.15) is 0 Å². The van der Waals surface area contributed by atoms with Crippen molar-refractivity contribution in [3.63, 3.8) is 0 Å². The second-order valence-corrected chi connectivity index (χ2v) is 8.11. The van der Waals surface area contributed by atoms with Crippen LogP contribution in [0.1, 0.15) is 21.5 Å². The van der Waals surface area contributed by atoms with Crippen molar-refractivity contribution in [2.45, 2.75) is 0 Å². The molecule has 4 aromatic rings. The molecule has 176 valence electrons. The van der Waals surface area contributed by atoms with Crippen LogP contribution < -0.4 is 9.64 Å². The molecular weight excluding hydrogens is 464 g/mol. The van der Waals surface area contributed by atoms with Crippen LogP contribution in [0.3, 0.4) is 0 Å². The van der Waals surface area contributed by atoms with Gasteiger partial charge in [0.1, 0.15) is 24.3 Å². The second-order valence-electron chi connectivity index (χ2n) is 7.67. The van der Waals surface area contributed by atoms with Crippen LogP contribution in [0.15, 0.2) is 102 Å². The Morgan fingerprint density at radius 2 is 1.40 bits per heavy atom. The summed E-state index contributed by atoms with van der Waals surface area (Å²) in [5.41, 5.74) is 3.82. The molecule has 4 rings (SSSR count). The van der Waals surface area contributed by atoms with E-state index in [-0.39, 0.29) is 5.56 Å². The maximum Gasteiger partial charge on any atom is 0.335 e. The highest BCUT2D eigenvalue weighted by Gasteiger charge is 2.15. The van der Waals surface area contributed by atoms with Gasteiger partial charge in [0.05, 0.1) is 5.56 Å². The number of carbonyl (C=O) groups is 1. The molecule has 4 aromatic carbocycles. The van der Waals surface area contributed by atoms with Gasteiger partial charge >= 0.3 is 5.97 Å². The number of ether oxygens (including phenoxy) is 1. The molecule has 0 aliphatic heterocycles. The van der Waals surface area contributed by atoms with Crippen LogP contribution in [0.25, 0.3) is 0 Å². The van der Waals surface area contributed by atoms with Crippen LogP contribution in [0.2, 0.25) is 5.02 Å². The first-order valence-corrected chi connectivity index (χ1v) is 11.1. The van der Waals surface area contributed by atoms with Gasteiger partial charge in [0.25, 0.3) is 0 Å². The smallest absolute Gasteiger partial charge is 0.335 e. The highest BCUT2D eigenvalue weighted by atomic mass is 35.5. The number of halogens is 1. The summed E-state index contributed by atoms with van der Waals surface area (Å²) >= 11 is 6.00. The molecule has 0 atom stereocenters. The molecule has 0 aliphatic rings. The fourth-order valence-electron chi connectivity index (χ4n) is 3.56. The minimum atomic E-state index is -1.07. The number of hydrogen-bond acceptors (Lipinski definition) is 5. The molecule has 0 radical (unpaired) electrons. The summed E-state index contributed by atoms with van der Waals surface area (Å²) in [5, 5.41) is 14.5. The topological polar surface area (TPSA) is 71.4 Å². The highest BCUT2D eigenvalue weighted by Crippen LogP contribution is 2.28. The third-order valence-electron chi connectivity index (χ3n) is 5.33. The Labute approximate surface area is 208 Å². The van der Waals surface area contributed by atoms with Gasteiger partial charge in [-0.05, 0) is 66.7 Å². The molecule has 0 saturated heterocycles. The molecule has 0 bridgehead atoms. The molecule has 0 unspecified atom stereocenters. The summed E-state index contributed by atoms with van der Waals surface area (Å²) in [7, 11) is 3.41. The number of carboxylic acids is 1. The quantitative estimate of drug-likeness (QED) is 0.214. The van der Waals surface area contributed by atoms with Gasteiger partial charge in [0.2, 0.25) is 0 Å². The second kappa shape index (κ2) is 10.8. The average Bonchev–Trinajstić information content (AvgIpc) is 2.88. The Balaban J connectivity index is 1.68. The fourth-order valence-corrected chi connectivity index (χ4v) is 3.69. The largest absolute Gasteiger partial charge is 0.478 e. The zero-order valence-electron chi connectivity index (χ0n) is 19.2. The lowest BCUT2D eigenvalue weighted by Gasteiger charge is -2.20. The monoisotopic (exact) mass is 486 g/mol. The molecule has 6 nitrogen and oxygen atoms in total. The number of hydrogen-bond donors (Lipinski definition) is 1. The third kappa shape index (κ3) is 5.80. The van der Waals surface area contributed by atoms with Crippen molar-refractivity contribution in [2.24, 2.45) is 5.16 Å². The number of nitrogens with zero attached hydrogens (tertiary/aromatic N) is 2. The first-order chi connectivity index (χ1) is 16.9. The normalized spacial score (nSPS) is 11.1. The standard InChI is InChI=1S/C28H23ClN2O4/c1-31(24-14-10-22(29)11-15-24)23-12-8-19(9-13-23)27(30-34-2)20-16-21(28(32)33)18-26(17-20)35-25-6-4-3-5-7-25/h3-18H,1-2H3,(H,32,33). The number of aromatic carboxylic acids is 1. The van der Waals surface area contributed by atoms with Gasteiger partial charge in [-0.25, -0.2) is 4.79 Å². The van der Waals surface area contributed by atoms with Crippen LogP contribution in [0.5, 0.6) is 11.5 Å². The van der Waals surface area contributed by atoms with Crippen molar-refractivity contribution in [3.05, 3.63) is 119 Å². The van der Waals surface area contributed by atoms with Crippen LogP contribution in [0.4, 0.5) is 11.4 Å². The maximum absolute atomic E-state index is 11.8. The first kappa shape index (κ1) is 23.9. The van der Waals surface area contributed by atoms with Crippen molar-refractivity contribution in [2.75, 3.05) is 19.1 Å². The Morgan fingerprint density at radius 1 is 0.800 bits per heavy atom. The van der Waals surface area contributed by atoms with Crippen LogP contribution >= 0.6 is 11.6 Å². The average molecular weight is 487 g/mol. The number of oxime groups is 1. The molecule has 0 amide bonds. The summed E-state index contributed by atoms with van der Waals surface area (Å²) in [5.74, 6) is -0.0868. The van der Waals surface area contributed by atoms with E-state index in [0.717, 1.165) is 16.9 Å². The zero-order valence-corrected chi connectivity index (χ0v) is 19.9. The molecular formula is C28H23ClN2O4. The summed E-state index contributed by atoms with van der Waals surface area (Å²) < 4.78 is 5.91. The summed E-state index contributed by atoms with van der Waals surface area (Å²) in [6, 6.07) is 29.2. The van der Waals surface area contributed by atoms with E-state index in [9.17, 15) is 9.90 Å². The minimum Gasteiger partial charge on any atom is -0.478 e. The van der Waals surface area contributed by atoms with E-state index in [0.29, 0.717) is 27.8 Å². The summed E-state index contributed by atoms with van der Waals surface area (Å²) in [4.78, 5) is 18.9. The van der Waals surface area contributed by atoms with Gasteiger partial charge < -0.3 is 19.6 Å². The van der Waals surface area contributed by atoms with E-state index < -0.39 is 5.97 Å². The predicted molar refractivity (Wildman–Crippen MR) is 139 cm³/mol. The van der Waals surface area contributed by atoms with Crippen molar-refractivity contribution < 1.29 is 19.5 Å². The van der Waals surface area contributed by atoms with Crippen molar-refractivity contribution in [1.82, 2.24) is 0 Å². The Kier molecular flexibility index (Phi) is 7.33. The number of anilines is 2. The number of carboxylic acid groups (broad SMARTS) is 1. The number of para-hydroxylation sites is 1. The lowest BCUT2D eigenvalue weighted by molar-refractivity contribution is 0.0696. The summed E-state index contributed by atoms with van der Waals surface area (Å²) in [6.45, 7) is 0. The molecule has 7 heteroatoms. The zero-order chi connectivity index (χ0) is 24.8. The Morgan fingerprint density at radius 3 is 2.00 bits per heavy atom. The SMILES string of the molecule is CON=C(c1ccc(N(C)c2ccc(Cl)cc2)cc1)c1cc(Oc2ccccc2)cc(C(=O)O)c1. The molecule has 0 heterocycles. The van der Waals surface area contributed by atoms with Crippen molar-refractivity contribution in [3.8, 4) is 11.5 Å². The number of benzene rings is 4. The lowest BCUT2D eigenvalue weighted by Crippen LogP contribution is -2.10. The van der Waals surface area contributed by atoms with Crippen LogP contribution in [-0.4, -0.2) is 30.9 Å². The lowest BCUT2D eigenvalue weighted by atomic mass is 9.99. The van der Waals surface area contributed by atoms with E-state index in [1.54, 1.807) is 24.3 Å². The van der Waals surface area contributed by atoms with E-state index in [2.05, 4.69) is 5.16 Å². The van der Waals surface area contributed by atoms with E-state index in [4.69, 9.17) is 21.2 Å². The number of rotatable bonds is 8. The highest BCUT2D eigenvalue weighted by molar-refractivity contribution is 6.30. The summed E-state index contributed by atoms with van der Waals surface area (Å²) in [6.07, 6.45) is 0. The maximum atomic E-state index is 11.8. The van der Waals surface area contributed by atoms with Crippen LogP contribution in [-0.2, 0) is 4.84 Å². The Hall–Kier alpha value is -4.29. The minimum absolute atomic E-state index is 0.0799. The predicted octanol–water partition coefficient (Wildman–Crippen LogP) is 7.00. The molecule has 35 heavy (non-hydrogen) atoms. The molecule has 1 N–H and O–H groups in total. The fraction of sp³-hybridized carbons (Fsp3) is 0.0714. The van der Waals surface area contributed by atoms with E-state index >= 15 is 0 Å². The molecule has 0 spiro atoms. The molecule has 0 saturated carbocycles. The van der Waals surface area contributed by atoms with Crippen molar-refractivity contribution in [1.29, 1.82) is 0 Å². The van der Waals surface area contributed by atoms with Gasteiger partial charge in [0, 0.05) is 34.6 Å². The van der Waals surface area contributed by atoms with E-state index in [1.165, 1.54) is 13.2 Å². The van der Waals surface area contributed by atoms with Gasteiger partial charge in [-0.15, -0.1) is 0 Å². The van der Waals surface area contributed by atoms with Gasteiger partial charge in [-0.1, -0.05) is 47.1 Å². The third-order valence-corrected chi connectivity index (χ3v) is 5.58. The molecule has 0 fully saturated rings. The van der Waals surface area contributed by atoms with Crippen LogP contribution in [0, 0.1) is 0 Å². The Bertz CT molecular complexity index is 1340. The van der Waals surface area contributed by atoms with Gasteiger partial charge in [-0.3, -0.25) is 0 Å². The molecule has 0 aliphatic carbocycles. The van der Waals surface area contributed by atoms with Gasteiger partial charge in [0.15, 0.2) is 0 Å².